The fourth-order valence-electron chi connectivity index (χ4n) is 3.03. The van der Waals surface area contributed by atoms with E-state index in [-0.39, 0.29) is 24.8 Å². The summed E-state index contributed by atoms with van der Waals surface area (Å²) in [6, 6.07) is 5.56. The normalized spacial score (nSPS) is 23.6. The largest absolute Gasteiger partial charge is 0.271 e. The molecule has 0 bridgehead atoms. The Morgan fingerprint density at radius 3 is 2.90 bits per heavy atom. The van der Waals surface area contributed by atoms with Crippen LogP contribution in [0.25, 0.3) is 0 Å². The number of rotatable bonds is 4. The maximum absolute atomic E-state index is 13.5. The monoisotopic (exact) mass is 302 g/mol. The standard InChI is InChI=1S/C15H21ClF2N2/c1-10-4-2-6-12(14(10)16)13(20-19)8-11-5-3-7-15(17,18)9-11/h2,4,6,11,13,20H,3,5,7-9,19H2,1H3. The van der Waals surface area contributed by atoms with E-state index in [0.717, 1.165) is 17.5 Å². The highest BCUT2D eigenvalue weighted by Gasteiger charge is 2.37. The zero-order chi connectivity index (χ0) is 14.8. The summed E-state index contributed by atoms with van der Waals surface area (Å²) >= 11 is 6.30. The molecule has 20 heavy (non-hydrogen) atoms. The Morgan fingerprint density at radius 2 is 2.25 bits per heavy atom. The van der Waals surface area contributed by atoms with Crippen LogP contribution in [0.3, 0.4) is 0 Å². The van der Waals surface area contributed by atoms with Crippen LogP contribution in [0, 0.1) is 12.8 Å². The van der Waals surface area contributed by atoms with Crippen molar-refractivity contribution < 1.29 is 8.78 Å². The molecule has 2 rings (SSSR count). The summed E-state index contributed by atoms with van der Waals surface area (Å²) in [4.78, 5) is 0. The molecule has 112 valence electrons. The van der Waals surface area contributed by atoms with Crippen LogP contribution in [-0.4, -0.2) is 5.92 Å². The molecular formula is C15H21ClF2N2. The molecule has 1 fully saturated rings. The van der Waals surface area contributed by atoms with Gasteiger partial charge in [0.15, 0.2) is 0 Å². The van der Waals surface area contributed by atoms with Gasteiger partial charge in [0.05, 0.1) is 0 Å². The first-order valence-electron chi connectivity index (χ1n) is 7.02. The van der Waals surface area contributed by atoms with Gasteiger partial charge in [0.1, 0.15) is 0 Å². The quantitative estimate of drug-likeness (QED) is 0.640. The first-order chi connectivity index (χ1) is 9.43. The van der Waals surface area contributed by atoms with Crippen molar-refractivity contribution in [3.8, 4) is 0 Å². The first kappa shape index (κ1) is 15.7. The van der Waals surface area contributed by atoms with Crippen molar-refractivity contribution in [3.63, 3.8) is 0 Å². The summed E-state index contributed by atoms with van der Waals surface area (Å²) in [7, 11) is 0. The van der Waals surface area contributed by atoms with Crippen LogP contribution in [-0.2, 0) is 0 Å². The van der Waals surface area contributed by atoms with Crippen LogP contribution >= 0.6 is 11.6 Å². The van der Waals surface area contributed by atoms with E-state index in [1.165, 1.54) is 0 Å². The van der Waals surface area contributed by atoms with E-state index in [1.54, 1.807) is 0 Å². The molecule has 0 aromatic heterocycles. The Labute approximate surface area is 123 Å². The average molecular weight is 303 g/mol. The molecule has 1 aromatic carbocycles. The Hall–Kier alpha value is -0.710. The lowest BCUT2D eigenvalue weighted by molar-refractivity contribution is -0.0548. The van der Waals surface area contributed by atoms with Gasteiger partial charge in [0, 0.05) is 23.9 Å². The SMILES string of the molecule is Cc1cccc(C(CC2CCCC(F)(F)C2)NN)c1Cl. The first-order valence-corrected chi connectivity index (χ1v) is 7.40. The second-order valence-electron chi connectivity index (χ2n) is 5.75. The van der Waals surface area contributed by atoms with E-state index in [0.29, 0.717) is 17.9 Å². The molecule has 2 atom stereocenters. The number of benzene rings is 1. The van der Waals surface area contributed by atoms with Crippen LogP contribution in [0.2, 0.25) is 5.02 Å². The van der Waals surface area contributed by atoms with Crippen LogP contribution in [0.15, 0.2) is 18.2 Å². The van der Waals surface area contributed by atoms with Crippen molar-refractivity contribution >= 4 is 11.6 Å². The molecule has 2 nitrogen and oxygen atoms in total. The third-order valence-corrected chi connectivity index (χ3v) is 4.63. The molecule has 3 N–H and O–H groups in total. The third kappa shape index (κ3) is 3.68. The van der Waals surface area contributed by atoms with E-state index >= 15 is 0 Å². The van der Waals surface area contributed by atoms with E-state index in [1.807, 2.05) is 25.1 Å². The van der Waals surface area contributed by atoms with Gasteiger partial charge >= 0.3 is 0 Å². The minimum atomic E-state index is -2.53. The highest BCUT2D eigenvalue weighted by atomic mass is 35.5. The van der Waals surface area contributed by atoms with E-state index < -0.39 is 5.92 Å². The summed E-state index contributed by atoms with van der Waals surface area (Å²) < 4.78 is 27.0. The lowest BCUT2D eigenvalue weighted by Crippen LogP contribution is -2.33. The number of halogens is 3. The summed E-state index contributed by atoms with van der Waals surface area (Å²) in [5, 5.41) is 0.665. The fraction of sp³-hybridized carbons (Fsp3) is 0.600. The number of hydrogen-bond donors (Lipinski definition) is 2. The lowest BCUT2D eigenvalue weighted by atomic mass is 9.81. The van der Waals surface area contributed by atoms with E-state index in [2.05, 4.69) is 5.43 Å². The maximum Gasteiger partial charge on any atom is 0.248 e. The van der Waals surface area contributed by atoms with Gasteiger partial charge < -0.3 is 0 Å². The van der Waals surface area contributed by atoms with Crippen LogP contribution in [0.1, 0.15) is 49.3 Å². The molecule has 1 aliphatic carbocycles. The minimum Gasteiger partial charge on any atom is -0.271 e. The maximum atomic E-state index is 13.5. The van der Waals surface area contributed by atoms with Crippen LogP contribution in [0.4, 0.5) is 8.78 Å². The number of hydrazine groups is 1. The van der Waals surface area contributed by atoms with Gasteiger partial charge in [-0.1, -0.05) is 29.8 Å². The number of alkyl halides is 2. The summed E-state index contributed by atoms with van der Waals surface area (Å²) in [5.74, 6) is 3.07. The number of nitrogens with two attached hydrogens (primary N) is 1. The van der Waals surface area contributed by atoms with E-state index in [4.69, 9.17) is 17.4 Å². The molecule has 5 heteroatoms. The molecule has 0 heterocycles. The highest BCUT2D eigenvalue weighted by Crippen LogP contribution is 2.41. The average Bonchev–Trinajstić information content (AvgIpc) is 2.38. The van der Waals surface area contributed by atoms with Crippen molar-refractivity contribution in [2.24, 2.45) is 11.8 Å². The van der Waals surface area contributed by atoms with Crippen molar-refractivity contribution in [1.82, 2.24) is 5.43 Å². The van der Waals surface area contributed by atoms with Gasteiger partial charge in [-0.2, -0.15) is 0 Å². The predicted molar refractivity (Wildman–Crippen MR) is 77.8 cm³/mol. The van der Waals surface area contributed by atoms with Gasteiger partial charge in [-0.15, -0.1) is 0 Å². The lowest BCUT2D eigenvalue weighted by Gasteiger charge is -2.31. The van der Waals surface area contributed by atoms with Crippen LogP contribution in [0.5, 0.6) is 0 Å². The zero-order valence-electron chi connectivity index (χ0n) is 11.6. The number of aryl methyl sites for hydroxylation is 1. The van der Waals surface area contributed by atoms with Gasteiger partial charge in [0.25, 0.3) is 0 Å². The van der Waals surface area contributed by atoms with Gasteiger partial charge in [-0.25, -0.2) is 8.78 Å². The van der Waals surface area contributed by atoms with Gasteiger partial charge in [0.2, 0.25) is 5.92 Å². The topological polar surface area (TPSA) is 38.0 Å². The smallest absolute Gasteiger partial charge is 0.248 e. The molecule has 0 saturated heterocycles. The minimum absolute atomic E-state index is 0.00935. The Morgan fingerprint density at radius 1 is 1.50 bits per heavy atom. The van der Waals surface area contributed by atoms with Gasteiger partial charge in [-0.3, -0.25) is 11.3 Å². The molecule has 1 aliphatic rings. The predicted octanol–water partition coefficient (Wildman–Crippen LogP) is 4.37. The molecule has 2 unspecified atom stereocenters. The molecule has 0 aliphatic heterocycles. The molecule has 0 amide bonds. The number of hydrogen-bond acceptors (Lipinski definition) is 2. The van der Waals surface area contributed by atoms with Crippen LogP contribution < -0.4 is 11.3 Å². The molecule has 1 aromatic rings. The van der Waals surface area contributed by atoms with Gasteiger partial charge in [-0.05, 0) is 43.2 Å². The zero-order valence-corrected chi connectivity index (χ0v) is 12.4. The molecular weight excluding hydrogens is 282 g/mol. The second kappa shape index (κ2) is 6.37. The molecule has 0 radical (unpaired) electrons. The van der Waals surface area contributed by atoms with Crippen molar-refractivity contribution in [2.75, 3.05) is 0 Å². The van der Waals surface area contributed by atoms with E-state index in [9.17, 15) is 8.78 Å². The number of nitrogens with one attached hydrogen (secondary N) is 1. The summed E-state index contributed by atoms with van der Waals surface area (Å²) in [6.45, 7) is 1.92. The summed E-state index contributed by atoms with van der Waals surface area (Å²) in [5.41, 5.74) is 4.59. The van der Waals surface area contributed by atoms with Crippen molar-refractivity contribution in [3.05, 3.63) is 34.3 Å². The fourth-order valence-corrected chi connectivity index (χ4v) is 3.29. The Bertz CT molecular complexity index is 465. The summed E-state index contributed by atoms with van der Waals surface area (Å²) in [6.07, 6.45) is 1.97. The molecule has 1 saturated carbocycles. The Balaban J connectivity index is 2.11. The second-order valence-corrected chi connectivity index (χ2v) is 6.13. The molecule has 0 spiro atoms. The highest BCUT2D eigenvalue weighted by molar-refractivity contribution is 6.32. The Kier molecular flexibility index (Phi) is 4.99. The van der Waals surface area contributed by atoms with Crippen molar-refractivity contribution in [1.29, 1.82) is 0 Å². The van der Waals surface area contributed by atoms with Crippen molar-refractivity contribution in [2.45, 2.75) is 51.0 Å². The third-order valence-electron chi connectivity index (χ3n) is 4.11.